The molecular formula is C40H30N8O2S4. The minimum Gasteiger partial charge on any atom is -0.299 e. The highest BCUT2D eigenvalue weighted by Gasteiger charge is 2.47. The van der Waals surface area contributed by atoms with E-state index < -0.39 is 0 Å². The van der Waals surface area contributed by atoms with Crippen LogP contribution in [-0.4, -0.2) is 44.8 Å². The number of rotatable bonds is 4. The van der Waals surface area contributed by atoms with Crippen LogP contribution in [0, 0.1) is 57.2 Å². The first kappa shape index (κ1) is 35.8. The number of carbonyl (C=O) groups excluding carboxylic acids is 2. The predicted molar refractivity (Wildman–Crippen MR) is 214 cm³/mol. The average molecular weight is 783 g/mol. The average Bonchev–Trinajstić information content (AvgIpc) is 3.97. The van der Waals surface area contributed by atoms with Crippen molar-refractivity contribution in [1.29, 1.82) is 21.0 Å². The van der Waals surface area contributed by atoms with Crippen LogP contribution >= 0.6 is 46.2 Å². The molecule has 2 atom stereocenters. The van der Waals surface area contributed by atoms with Crippen molar-refractivity contribution in [3.05, 3.63) is 89.7 Å². The Balaban J connectivity index is 1.12. The zero-order valence-corrected chi connectivity index (χ0v) is 33.3. The number of nitrogens with zero attached hydrogens (tertiary/aromatic N) is 8. The first-order valence-electron chi connectivity index (χ1n) is 17.2. The van der Waals surface area contributed by atoms with Crippen LogP contribution in [-0.2, 0) is 20.4 Å². The Kier molecular flexibility index (Phi) is 8.41. The highest BCUT2D eigenvalue weighted by atomic mass is 32.2. The van der Waals surface area contributed by atoms with Crippen molar-refractivity contribution < 1.29 is 9.59 Å². The quantitative estimate of drug-likeness (QED) is 0.278. The van der Waals surface area contributed by atoms with E-state index in [1.54, 1.807) is 22.7 Å². The fourth-order valence-electron chi connectivity index (χ4n) is 7.97. The summed E-state index contributed by atoms with van der Waals surface area (Å²) in [5.74, 6) is -0.311. The van der Waals surface area contributed by atoms with Gasteiger partial charge in [0, 0.05) is 45.5 Å². The van der Waals surface area contributed by atoms with E-state index in [0.717, 1.165) is 44.4 Å². The van der Waals surface area contributed by atoms with Gasteiger partial charge in [0.2, 0.25) is 0 Å². The van der Waals surface area contributed by atoms with Crippen LogP contribution in [0.5, 0.6) is 0 Å². The molecule has 2 saturated heterocycles. The van der Waals surface area contributed by atoms with Crippen LogP contribution in [0.25, 0.3) is 11.1 Å². The van der Waals surface area contributed by atoms with Gasteiger partial charge in [-0.15, -0.1) is 22.7 Å². The summed E-state index contributed by atoms with van der Waals surface area (Å²) >= 11 is 5.28. The third-order valence-electron chi connectivity index (χ3n) is 10.7. The third kappa shape index (κ3) is 5.09. The van der Waals surface area contributed by atoms with E-state index in [0.29, 0.717) is 33.1 Å². The second kappa shape index (κ2) is 12.7. The number of nitriles is 4. The van der Waals surface area contributed by atoms with Crippen molar-refractivity contribution in [3.8, 4) is 24.3 Å². The molecule has 8 rings (SSSR count). The maximum absolute atomic E-state index is 13.2. The molecule has 54 heavy (non-hydrogen) atoms. The zero-order chi connectivity index (χ0) is 38.4. The van der Waals surface area contributed by atoms with Crippen LogP contribution in [0.4, 0.5) is 10.0 Å². The molecule has 6 aliphatic rings. The summed E-state index contributed by atoms with van der Waals surface area (Å²) in [6.45, 7) is 13.2. The Morgan fingerprint density at radius 1 is 0.667 bits per heavy atom. The van der Waals surface area contributed by atoms with E-state index in [9.17, 15) is 30.6 Å². The highest BCUT2D eigenvalue weighted by Crippen LogP contribution is 2.61. The summed E-state index contributed by atoms with van der Waals surface area (Å²) in [7, 11) is 0. The molecule has 4 heterocycles. The summed E-state index contributed by atoms with van der Waals surface area (Å²) in [4.78, 5) is 41.1. The number of hydrogen-bond donors (Lipinski definition) is 0. The van der Waals surface area contributed by atoms with E-state index in [1.165, 1.54) is 32.1 Å². The molecule has 0 aromatic carbocycles. The Hall–Kier alpha value is -5.22. The largest absolute Gasteiger partial charge is 0.299 e. The van der Waals surface area contributed by atoms with Gasteiger partial charge in [-0.2, -0.15) is 21.0 Å². The van der Waals surface area contributed by atoms with Crippen molar-refractivity contribution in [1.82, 2.24) is 9.80 Å². The van der Waals surface area contributed by atoms with Crippen LogP contribution in [0.1, 0.15) is 62.4 Å². The molecule has 0 saturated carbocycles. The molecule has 4 aliphatic carbocycles. The van der Waals surface area contributed by atoms with Crippen molar-refractivity contribution >= 4 is 89.2 Å². The van der Waals surface area contributed by atoms with E-state index >= 15 is 0 Å². The van der Waals surface area contributed by atoms with Crippen molar-refractivity contribution in [3.63, 3.8) is 0 Å². The summed E-state index contributed by atoms with van der Waals surface area (Å²) in [6, 6.07) is 11.8. The molecule has 2 fully saturated rings. The lowest BCUT2D eigenvalue weighted by atomic mass is 9.70. The third-order valence-corrected chi connectivity index (χ3v) is 15.0. The molecule has 0 radical (unpaired) electrons. The summed E-state index contributed by atoms with van der Waals surface area (Å²) in [6.07, 6.45) is 9.57. The SMILES string of the molecule is CCN1C(=O)C(=Nc2cc3c(s2)C2=CC4C=C5C(=CC4C=C2C3(C)C)c2sc(N=C3SC(=C(C#N)C#N)N(CC)C3=O)cc2C5(C)C)SC1=C(C#N)C#N. The lowest BCUT2D eigenvalue weighted by molar-refractivity contribution is -0.121. The van der Waals surface area contributed by atoms with Crippen molar-refractivity contribution in [2.75, 3.05) is 13.1 Å². The molecule has 2 unspecified atom stereocenters. The number of thioether (sulfide) groups is 2. The maximum atomic E-state index is 13.2. The fourth-order valence-corrected chi connectivity index (χ4v) is 12.6. The molecule has 2 amide bonds. The van der Waals surface area contributed by atoms with Crippen molar-refractivity contribution in [2.45, 2.75) is 52.4 Å². The second-order valence-corrected chi connectivity index (χ2v) is 18.3. The smallest absolute Gasteiger partial charge is 0.284 e. The highest BCUT2D eigenvalue weighted by molar-refractivity contribution is 8.20. The molecule has 2 aromatic rings. The summed E-state index contributed by atoms with van der Waals surface area (Å²) < 4.78 is 0. The predicted octanol–water partition coefficient (Wildman–Crippen LogP) is 8.74. The van der Waals surface area contributed by atoms with E-state index in [2.05, 4.69) is 64.1 Å². The minimum atomic E-state index is -0.303. The Morgan fingerprint density at radius 2 is 1.04 bits per heavy atom. The second-order valence-electron chi connectivity index (χ2n) is 14.3. The van der Waals surface area contributed by atoms with Gasteiger partial charge >= 0.3 is 0 Å². The molecular weight excluding hydrogens is 753 g/mol. The summed E-state index contributed by atoms with van der Waals surface area (Å²) in [5, 5.41) is 40.4. The van der Waals surface area contributed by atoms with Gasteiger partial charge in [0.1, 0.15) is 44.3 Å². The molecule has 2 aliphatic heterocycles. The van der Waals surface area contributed by atoms with Gasteiger partial charge in [-0.1, -0.05) is 52.0 Å². The topological polar surface area (TPSA) is 160 Å². The Morgan fingerprint density at radius 3 is 1.37 bits per heavy atom. The number of aliphatic imine (C=N–C) groups is 2. The van der Waals surface area contributed by atoms with Crippen LogP contribution in [0.3, 0.4) is 0 Å². The molecule has 2 aromatic heterocycles. The van der Waals surface area contributed by atoms with Gasteiger partial charge in [-0.3, -0.25) is 19.4 Å². The standard InChI is InChI=1S/C40H30N8O2S4/c1-7-47-35(49)33(53-37(47)21(15-41)16-42)45-29-13-27-31(51-29)23-9-19-12-26-24(10-20(19)11-25(23)39(27,3)4)32-28(40(26,5)6)14-30(52-32)46-34-36(50)48(8-2)38(54-34)22(17-43)18-44/h9-14,19-20H,7-8H2,1-6H3. The van der Waals surface area contributed by atoms with Gasteiger partial charge < -0.3 is 0 Å². The van der Waals surface area contributed by atoms with E-state index in [-0.39, 0.29) is 55.7 Å². The lowest BCUT2D eigenvalue weighted by Crippen LogP contribution is -2.26. The number of thiophene rings is 2. The maximum Gasteiger partial charge on any atom is 0.284 e. The Bertz CT molecular complexity index is 2380. The lowest BCUT2D eigenvalue weighted by Gasteiger charge is -2.33. The fraction of sp³-hybridized carbons (Fsp3) is 0.300. The molecule has 0 bridgehead atoms. The van der Waals surface area contributed by atoms with Crippen LogP contribution in [0.2, 0.25) is 0 Å². The monoisotopic (exact) mass is 782 g/mol. The van der Waals surface area contributed by atoms with Crippen LogP contribution in [0.15, 0.2) is 78.8 Å². The molecule has 14 heteroatoms. The van der Waals surface area contributed by atoms with E-state index in [4.69, 9.17) is 9.98 Å². The van der Waals surface area contributed by atoms with Gasteiger partial charge in [-0.05, 0) is 82.9 Å². The van der Waals surface area contributed by atoms with Gasteiger partial charge in [0.25, 0.3) is 11.8 Å². The van der Waals surface area contributed by atoms with Gasteiger partial charge in [0.15, 0.2) is 21.2 Å². The van der Waals surface area contributed by atoms with Gasteiger partial charge in [-0.25, -0.2) is 9.98 Å². The van der Waals surface area contributed by atoms with E-state index in [1.807, 2.05) is 38.1 Å². The molecule has 266 valence electrons. The van der Waals surface area contributed by atoms with Crippen LogP contribution < -0.4 is 0 Å². The molecule has 0 spiro atoms. The summed E-state index contributed by atoms with van der Waals surface area (Å²) in [5.41, 5.74) is 6.50. The van der Waals surface area contributed by atoms with Crippen molar-refractivity contribution in [2.24, 2.45) is 21.8 Å². The number of hydrogen-bond acceptors (Lipinski definition) is 12. The first-order chi connectivity index (χ1) is 25.8. The zero-order valence-electron chi connectivity index (χ0n) is 30.1. The minimum absolute atomic E-state index is 0.0938. The Labute approximate surface area is 329 Å². The number of allylic oxidation sites excluding steroid dienone is 10. The normalized spacial score (nSPS) is 24.0. The number of fused-ring (bicyclic) bond motifs is 7. The first-order valence-corrected chi connectivity index (χ1v) is 20.5. The van der Waals surface area contributed by atoms with Gasteiger partial charge in [0.05, 0.1) is 0 Å². The molecule has 10 nitrogen and oxygen atoms in total. The number of carbonyl (C=O) groups is 2. The molecule has 0 N–H and O–H groups in total. The number of amides is 2.